The molecular weight excluding hydrogens is 228 g/mol. The number of rotatable bonds is 4. The van der Waals surface area contributed by atoms with Crippen LogP contribution in [0, 0.1) is 13.8 Å². The van der Waals surface area contributed by atoms with Crippen LogP contribution >= 0.6 is 0 Å². The molecule has 0 amide bonds. The second-order valence-corrected chi connectivity index (χ2v) is 4.94. The fourth-order valence-corrected chi connectivity index (χ4v) is 2.01. The van der Waals surface area contributed by atoms with E-state index in [1.54, 1.807) is 0 Å². The molecule has 0 aliphatic carbocycles. The largest absolute Gasteiger partial charge is 0.102 e. The summed E-state index contributed by atoms with van der Waals surface area (Å²) in [4.78, 5) is 0. The predicted molar refractivity (Wildman–Crippen MR) is 84.3 cm³/mol. The van der Waals surface area contributed by atoms with Gasteiger partial charge in [-0.25, -0.2) is 0 Å². The van der Waals surface area contributed by atoms with Gasteiger partial charge in [0.2, 0.25) is 0 Å². The Morgan fingerprint density at radius 3 is 1.89 bits per heavy atom. The van der Waals surface area contributed by atoms with Crippen LogP contribution in [0.15, 0.2) is 67.3 Å². The maximum Gasteiger partial charge on any atom is 0.0199 e. The summed E-state index contributed by atoms with van der Waals surface area (Å²) in [6.07, 6.45) is 6.34. The second kappa shape index (κ2) is 6.19. The molecule has 0 aliphatic rings. The monoisotopic (exact) mass is 248 g/mol. The van der Waals surface area contributed by atoms with Gasteiger partial charge in [0.25, 0.3) is 0 Å². The van der Waals surface area contributed by atoms with E-state index < -0.39 is 0 Å². The Balaban J connectivity index is 2.17. The molecule has 0 saturated carbocycles. The molecule has 0 spiro atoms. The highest BCUT2D eigenvalue weighted by atomic mass is 14.1. The van der Waals surface area contributed by atoms with E-state index >= 15 is 0 Å². The van der Waals surface area contributed by atoms with E-state index in [-0.39, 0.29) is 5.92 Å². The van der Waals surface area contributed by atoms with Crippen molar-refractivity contribution in [2.24, 2.45) is 0 Å². The molecule has 0 N–H and O–H groups in total. The zero-order valence-corrected chi connectivity index (χ0v) is 11.6. The SMILES string of the molecule is C=CC(C=Cc1ccc(C)cc1)c1ccc(C)cc1. The molecule has 19 heavy (non-hydrogen) atoms. The Kier molecular flexibility index (Phi) is 4.35. The normalized spacial score (nSPS) is 12.5. The number of hydrogen-bond acceptors (Lipinski definition) is 0. The third kappa shape index (κ3) is 3.69. The van der Waals surface area contributed by atoms with Crippen LogP contribution in [0.5, 0.6) is 0 Å². The number of benzene rings is 2. The second-order valence-electron chi connectivity index (χ2n) is 4.94. The van der Waals surface area contributed by atoms with Gasteiger partial charge >= 0.3 is 0 Å². The molecule has 0 nitrogen and oxygen atoms in total. The minimum absolute atomic E-state index is 0.266. The highest BCUT2D eigenvalue weighted by Gasteiger charge is 2.02. The van der Waals surface area contributed by atoms with E-state index in [4.69, 9.17) is 0 Å². The van der Waals surface area contributed by atoms with Crippen molar-refractivity contribution in [1.82, 2.24) is 0 Å². The molecular formula is C19H20. The Morgan fingerprint density at radius 2 is 1.37 bits per heavy atom. The number of aryl methyl sites for hydroxylation is 2. The van der Waals surface area contributed by atoms with Gasteiger partial charge in [0.1, 0.15) is 0 Å². The summed E-state index contributed by atoms with van der Waals surface area (Å²) >= 11 is 0. The van der Waals surface area contributed by atoms with Gasteiger partial charge in [-0.15, -0.1) is 6.58 Å². The first-order chi connectivity index (χ1) is 9.19. The molecule has 0 saturated heterocycles. The van der Waals surface area contributed by atoms with Crippen molar-refractivity contribution in [3.05, 3.63) is 89.5 Å². The number of hydrogen-bond donors (Lipinski definition) is 0. The van der Waals surface area contributed by atoms with Crippen LogP contribution in [0.2, 0.25) is 0 Å². The minimum Gasteiger partial charge on any atom is -0.102 e. The molecule has 2 aromatic carbocycles. The molecule has 0 radical (unpaired) electrons. The highest BCUT2D eigenvalue weighted by Crippen LogP contribution is 2.20. The predicted octanol–water partition coefficient (Wildman–Crippen LogP) is 5.29. The molecule has 96 valence electrons. The lowest BCUT2D eigenvalue weighted by atomic mass is 9.97. The van der Waals surface area contributed by atoms with Crippen LogP contribution in [-0.2, 0) is 0 Å². The maximum atomic E-state index is 3.93. The summed E-state index contributed by atoms with van der Waals surface area (Å²) in [5.74, 6) is 0.266. The van der Waals surface area contributed by atoms with Crippen LogP contribution in [0.1, 0.15) is 28.2 Å². The maximum absolute atomic E-state index is 3.93. The van der Waals surface area contributed by atoms with E-state index in [0.717, 1.165) is 0 Å². The lowest BCUT2D eigenvalue weighted by Crippen LogP contribution is -1.90. The Morgan fingerprint density at radius 1 is 0.842 bits per heavy atom. The van der Waals surface area contributed by atoms with Crippen molar-refractivity contribution < 1.29 is 0 Å². The van der Waals surface area contributed by atoms with E-state index in [1.807, 2.05) is 6.08 Å². The van der Waals surface area contributed by atoms with Gasteiger partial charge in [-0.3, -0.25) is 0 Å². The molecule has 0 aliphatic heterocycles. The lowest BCUT2D eigenvalue weighted by Gasteiger charge is -2.08. The van der Waals surface area contributed by atoms with Crippen molar-refractivity contribution in [3.8, 4) is 0 Å². The first-order valence-electron chi connectivity index (χ1n) is 6.63. The molecule has 0 aromatic heterocycles. The Hall–Kier alpha value is -2.08. The smallest absolute Gasteiger partial charge is 0.0199 e. The van der Waals surface area contributed by atoms with E-state index in [9.17, 15) is 0 Å². The molecule has 2 aromatic rings. The van der Waals surface area contributed by atoms with Gasteiger partial charge in [-0.05, 0) is 25.0 Å². The quantitative estimate of drug-likeness (QED) is 0.645. The van der Waals surface area contributed by atoms with Crippen molar-refractivity contribution in [2.75, 3.05) is 0 Å². The van der Waals surface area contributed by atoms with Crippen LogP contribution in [-0.4, -0.2) is 0 Å². The fourth-order valence-electron chi connectivity index (χ4n) is 2.01. The first-order valence-corrected chi connectivity index (χ1v) is 6.63. The molecule has 2 rings (SSSR count). The standard InChI is InChI=1S/C19H20/c1-4-18(19-12-7-16(3)8-13-19)14-11-17-9-5-15(2)6-10-17/h4-14,18H,1H2,2-3H3. The van der Waals surface area contributed by atoms with Crippen molar-refractivity contribution in [2.45, 2.75) is 19.8 Å². The molecule has 0 bridgehead atoms. The third-order valence-corrected chi connectivity index (χ3v) is 3.29. The summed E-state index contributed by atoms with van der Waals surface area (Å²) in [7, 11) is 0. The summed E-state index contributed by atoms with van der Waals surface area (Å²) in [6.45, 7) is 8.14. The third-order valence-electron chi connectivity index (χ3n) is 3.29. The molecule has 0 heterocycles. The van der Waals surface area contributed by atoms with Crippen molar-refractivity contribution >= 4 is 6.08 Å². The van der Waals surface area contributed by atoms with Gasteiger partial charge < -0.3 is 0 Å². The van der Waals surface area contributed by atoms with E-state index in [2.05, 4.69) is 81.1 Å². The summed E-state index contributed by atoms with van der Waals surface area (Å²) in [6, 6.07) is 17.2. The van der Waals surface area contributed by atoms with Gasteiger partial charge in [0.05, 0.1) is 0 Å². The zero-order chi connectivity index (χ0) is 13.7. The summed E-state index contributed by atoms with van der Waals surface area (Å²) in [5.41, 5.74) is 5.08. The summed E-state index contributed by atoms with van der Waals surface area (Å²) < 4.78 is 0. The summed E-state index contributed by atoms with van der Waals surface area (Å²) in [5, 5.41) is 0. The minimum atomic E-state index is 0.266. The zero-order valence-electron chi connectivity index (χ0n) is 11.6. The first kappa shape index (κ1) is 13.4. The van der Waals surface area contributed by atoms with Crippen LogP contribution < -0.4 is 0 Å². The fraction of sp³-hybridized carbons (Fsp3) is 0.158. The van der Waals surface area contributed by atoms with Crippen LogP contribution in [0.3, 0.4) is 0 Å². The van der Waals surface area contributed by atoms with Crippen molar-refractivity contribution in [3.63, 3.8) is 0 Å². The highest BCUT2D eigenvalue weighted by molar-refractivity contribution is 5.52. The molecule has 0 heteroatoms. The van der Waals surface area contributed by atoms with E-state index in [1.165, 1.54) is 22.3 Å². The van der Waals surface area contributed by atoms with Gasteiger partial charge in [-0.1, -0.05) is 77.9 Å². The topological polar surface area (TPSA) is 0 Å². The van der Waals surface area contributed by atoms with Gasteiger partial charge in [0.15, 0.2) is 0 Å². The molecule has 1 unspecified atom stereocenters. The van der Waals surface area contributed by atoms with E-state index in [0.29, 0.717) is 0 Å². The lowest BCUT2D eigenvalue weighted by molar-refractivity contribution is 1.09. The van der Waals surface area contributed by atoms with Crippen molar-refractivity contribution in [1.29, 1.82) is 0 Å². The van der Waals surface area contributed by atoms with Gasteiger partial charge in [0, 0.05) is 5.92 Å². The average molecular weight is 248 g/mol. The molecule has 0 fully saturated rings. The van der Waals surface area contributed by atoms with Crippen LogP contribution in [0.4, 0.5) is 0 Å². The Labute approximate surface area is 116 Å². The van der Waals surface area contributed by atoms with Gasteiger partial charge in [-0.2, -0.15) is 0 Å². The molecule has 1 atom stereocenters. The van der Waals surface area contributed by atoms with Crippen LogP contribution in [0.25, 0.3) is 6.08 Å². The average Bonchev–Trinajstić information content (AvgIpc) is 2.43. The number of allylic oxidation sites excluding steroid dienone is 2. The Bertz CT molecular complexity index is 556.